The molecule has 0 saturated heterocycles. The largest absolute Gasteiger partial charge is 0.494 e. The van der Waals surface area contributed by atoms with Crippen molar-refractivity contribution in [3.63, 3.8) is 0 Å². The highest BCUT2D eigenvalue weighted by Gasteiger charge is 2.10. The van der Waals surface area contributed by atoms with Crippen molar-refractivity contribution >= 4 is 33.2 Å². The van der Waals surface area contributed by atoms with Gasteiger partial charge in [-0.2, -0.15) is 0 Å². The predicted molar refractivity (Wildman–Crippen MR) is 84.1 cm³/mol. The lowest BCUT2D eigenvalue weighted by Gasteiger charge is -2.10. The zero-order valence-corrected chi connectivity index (χ0v) is 12.6. The average molecular weight is 335 g/mol. The van der Waals surface area contributed by atoms with Gasteiger partial charge in [-0.3, -0.25) is 4.79 Å². The first kappa shape index (κ1) is 14.4. The fourth-order valence-corrected chi connectivity index (χ4v) is 2.14. The summed E-state index contributed by atoms with van der Waals surface area (Å²) >= 11 is 3.39. The van der Waals surface area contributed by atoms with Crippen molar-refractivity contribution in [2.24, 2.45) is 0 Å². The topological polar surface area (TPSA) is 64.3 Å². The number of hydrogen-bond acceptors (Lipinski definition) is 3. The Labute approximate surface area is 126 Å². The lowest BCUT2D eigenvalue weighted by molar-refractivity contribution is 0.102. The van der Waals surface area contributed by atoms with Gasteiger partial charge in [-0.05, 0) is 47.1 Å². The molecule has 20 heavy (non-hydrogen) atoms. The van der Waals surface area contributed by atoms with Crippen LogP contribution in [0.25, 0.3) is 0 Å². The van der Waals surface area contributed by atoms with Crippen LogP contribution in [0, 0.1) is 0 Å². The minimum atomic E-state index is -0.231. The van der Waals surface area contributed by atoms with E-state index < -0.39 is 0 Å². The standard InChI is InChI=1S/C15H15BrN2O2/c1-2-20-12-8-10(7-11(17)9-12)15(19)18-14-6-4-3-5-13(14)16/h3-9H,2,17H2,1H3,(H,18,19). The van der Waals surface area contributed by atoms with Gasteiger partial charge in [0, 0.05) is 21.8 Å². The Kier molecular flexibility index (Phi) is 4.63. The Morgan fingerprint density at radius 1 is 1.30 bits per heavy atom. The average Bonchev–Trinajstić information content (AvgIpc) is 2.41. The van der Waals surface area contributed by atoms with Gasteiger partial charge in [0.1, 0.15) is 5.75 Å². The first-order chi connectivity index (χ1) is 9.60. The number of para-hydroxylation sites is 1. The minimum Gasteiger partial charge on any atom is -0.494 e. The van der Waals surface area contributed by atoms with Crippen molar-refractivity contribution in [1.29, 1.82) is 0 Å². The number of amides is 1. The van der Waals surface area contributed by atoms with E-state index in [0.29, 0.717) is 29.3 Å². The van der Waals surface area contributed by atoms with Crippen molar-refractivity contribution in [3.8, 4) is 5.75 Å². The lowest BCUT2D eigenvalue weighted by Crippen LogP contribution is -2.13. The molecular weight excluding hydrogens is 320 g/mol. The fourth-order valence-electron chi connectivity index (χ4n) is 1.76. The number of nitrogens with one attached hydrogen (secondary N) is 1. The van der Waals surface area contributed by atoms with Crippen LogP contribution in [0.1, 0.15) is 17.3 Å². The molecule has 5 heteroatoms. The van der Waals surface area contributed by atoms with Gasteiger partial charge in [0.05, 0.1) is 12.3 Å². The molecule has 0 atom stereocenters. The summed E-state index contributed by atoms with van der Waals surface area (Å²) in [4.78, 5) is 12.2. The van der Waals surface area contributed by atoms with Gasteiger partial charge >= 0.3 is 0 Å². The minimum absolute atomic E-state index is 0.231. The number of ether oxygens (including phenoxy) is 1. The van der Waals surface area contributed by atoms with Crippen LogP contribution in [0.4, 0.5) is 11.4 Å². The number of halogens is 1. The van der Waals surface area contributed by atoms with Crippen LogP contribution in [0.3, 0.4) is 0 Å². The maximum atomic E-state index is 12.2. The van der Waals surface area contributed by atoms with E-state index in [9.17, 15) is 4.79 Å². The molecule has 0 aliphatic carbocycles. The number of anilines is 2. The zero-order chi connectivity index (χ0) is 14.5. The number of nitrogens with two attached hydrogens (primary N) is 1. The van der Waals surface area contributed by atoms with Crippen molar-refractivity contribution in [1.82, 2.24) is 0 Å². The summed E-state index contributed by atoms with van der Waals surface area (Å²) in [5.41, 5.74) is 7.44. The van der Waals surface area contributed by atoms with Gasteiger partial charge < -0.3 is 15.8 Å². The Bertz CT molecular complexity index is 629. The van der Waals surface area contributed by atoms with E-state index in [1.807, 2.05) is 31.2 Å². The van der Waals surface area contributed by atoms with Crippen molar-refractivity contribution in [3.05, 3.63) is 52.5 Å². The van der Waals surface area contributed by atoms with E-state index in [2.05, 4.69) is 21.2 Å². The molecule has 0 fully saturated rings. The van der Waals surface area contributed by atoms with Crippen LogP contribution in [-0.2, 0) is 0 Å². The molecule has 2 rings (SSSR count). The normalized spacial score (nSPS) is 10.1. The molecule has 0 bridgehead atoms. The molecule has 0 radical (unpaired) electrons. The molecule has 0 aromatic heterocycles. The number of carbonyl (C=O) groups is 1. The molecule has 0 spiro atoms. The van der Waals surface area contributed by atoms with Gasteiger partial charge in [-0.25, -0.2) is 0 Å². The summed E-state index contributed by atoms with van der Waals surface area (Å²) in [5, 5.41) is 2.83. The third kappa shape index (κ3) is 3.51. The highest BCUT2D eigenvalue weighted by molar-refractivity contribution is 9.10. The van der Waals surface area contributed by atoms with Gasteiger partial charge in [-0.1, -0.05) is 12.1 Å². The molecule has 2 aromatic rings. The molecule has 3 N–H and O–H groups in total. The summed E-state index contributed by atoms with van der Waals surface area (Å²) in [6.07, 6.45) is 0. The molecule has 1 amide bonds. The van der Waals surface area contributed by atoms with Crippen LogP contribution in [0.15, 0.2) is 46.9 Å². The van der Waals surface area contributed by atoms with E-state index >= 15 is 0 Å². The van der Waals surface area contributed by atoms with Crippen LogP contribution >= 0.6 is 15.9 Å². The molecule has 0 saturated carbocycles. The van der Waals surface area contributed by atoms with Gasteiger partial charge in [0.2, 0.25) is 0 Å². The van der Waals surface area contributed by atoms with Crippen molar-refractivity contribution in [2.45, 2.75) is 6.92 Å². The van der Waals surface area contributed by atoms with Crippen LogP contribution in [-0.4, -0.2) is 12.5 Å². The second-order valence-electron chi connectivity index (χ2n) is 4.16. The van der Waals surface area contributed by atoms with Crippen LogP contribution < -0.4 is 15.8 Å². The molecule has 0 heterocycles. The summed E-state index contributed by atoms with van der Waals surface area (Å²) in [6.45, 7) is 2.40. The van der Waals surface area contributed by atoms with E-state index in [-0.39, 0.29) is 5.91 Å². The molecular formula is C15H15BrN2O2. The van der Waals surface area contributed by atoms with E-state index in [4.69, 9.17) is 10.5 Å². The number of carbonyl (C=O) groups excluding carboxylic acids is 1. The smallest absolute Gasteiger partial charge is 0.255 e. The van der Waals surface area contributed by atoms with E-state index in [0.717, 1.165) is 4.47 Å². The number of nitrogen functional groups attached to an aromatic ring is 1. The molecule has 4 nitrogen and oxygen atoms in total. The maximum absolute atomic E-state index is 12.2. The number of hydrogen-bond donors (Lipinski definition) is 2. The summed E-state index contributed by atoms with van der Waals surface area (Å²) in [5.74, 6) is 0.356. The Morgan fingerprint density at radius 2 is 2.05 bits per heavy atom. The number of benzene rings is 2. The molecule has 0 aliphatic heterocycles. The Balaban J connectivity index is 2.23. The molecule has 0 unspecified atom stereocenters. The molecule has 2 aromatic carbocycles. The Hall–Kier alpha value is -2.01. The van der Waals surface area contributed by atoms with Gasteiger partial charge in [0.25, 0.3) is 5.91 Å². The van der Waals surface area contributed by atoms with E-state index in [1.165, 1.54) is 0 Å². The van der Waals surface area contributed by atoms with E-state index in [1.54, 1.807) is 18.2 Å². The summed E-state index contributed by atoms with van der Waals surface area (Å²) in [7, 11) is 0. The fraction of sp³-hybridized carbons (Fsp3) is 0.133. The van der Waals surface area contributed by atoms with Gasteiger partial charge in [-0.15, -0.1) is 0 Å². The van der Waals surface area contributed by atoms with Crippen LogP contribution in [0.2, 0.25) is 0 Å². The maximum Gasteiger partial charge on any atom is 0.255 e. The summed E-state index contributed by atoms with van der Waals surface area (Å²) < 4.78 is 6.20. The number of rotatable bonds is 4. The summed E-state index contributed by atoms with van der Waals surface area (Å²) in [6, 6.07) is 12.4. The molecule has 0 aliphatic rings. The third-order valence-corrected chi connectivity index (χ3v) is 3.32. The highest BCUT2D eigenvalue weighted by atomic mass is 79.9. The van der Waals surface area contributed by atoms with Gasteiger partial charge in [0.15, 0.2) is 0 Å². The van der Waals surface area contributed by atoms with Crippen LogP contribution in [0.5, 0.6) is 5.75 Å². The third-order valence-electron chi connectivity index (χ3n) is 2.62. The van der Waals surface area contributed by atoms with Crippen molar-refractivity contribution < 1.29 is 9.53 Å². The second-order valence-corrected chi connectivity index (χ2v) is 5.01. The predicted octanol–water partition coefficient (Wildman–Crippen LogP) is 3.68. The Morgan fingerprint density at radius 3 is 2.75 bits per heavy atom. The molecule has 104 valence electrons. The first-order valence-electron chi connectivity index (χ1n) is 6.19. The SMILES string of the molecule is CCOc1cc(N)cc(C(=O)Nc2ccccc2Br)c1. The highest BCUT2D eigenvalue weighted by Crippen LogP contribution is 2.24. The monoisotopic (exact) mass is 334 g/mol. The van der Waals surface area contributed by atoms with Crippen molar-refractivity contribution in [2.75, 3.05) is 17.7 Å². The zero-order valence-electron chi connectivity index (χ0n) is 11.0. The lowest BCUT2D eigenvalue weighted by atomic mass is 10.1. The first-order valence-corrected chi connectivity index (χ1v) is 6.98. The second kappa shape index (κ2) is 6.43. The quantitative estimate of drug-likeness (QED) is 0.838.